The van der Waals surface area contributed by atoms with Gasteiger partial charge in [-0.15, -0.1) is 5.06 Å². The molecule has 2 aromatic carbocycles. The lowest BCUT2D eigenvalue weighted by atomic mass is 9.93. The second-order valence-electron chi connectivity index (χ2n) is 14.8. The van der Waals surface area contributed by atoms with Crippen molar-refractivity contribution in [1.82, 2.24) is 5.06 Å². The molecule has 0 aliphatic carbocycles. The number of aliphatic hydroxyl groups excluding tert-OH is 2. The Morgan fingerprint density at radius 3 is 1.23 bits per heavy atom. The molecular formula is C39H51N5O16S2+2. The summed E-state index contributed by atoms with van der Waals surface area (Å²) < 4.78 is 31.0. The highest BCUT2D eigenvalue weighted by Crippen LogP contribution is 2.26. The number of hydroxylamine groups is 2. The average Bonchev–Trinajstić information content (AvgIpc) is 3.58. The van der Waals surface area contributed by atoms with Crippen molar-refractivity contribution in [2.75, 3.05) is 39.6 Å². The van der Waals surface area contributed by atoms with Gasteiger partial charge in [0, 0.05) is 24.3 Å². The van der Waals surface area contributed by atoms with Crippen molar-refractivity contribution in [3.05, 3.63) is 70.8 Å². The van der Waals surface area contributed by atoms with E-state index in [2.05, 4.69) is 0 Å². The fourth-order valence-electron chi connectivity index (χ4n) is 4.75. The molecule has 1 heterocycles. The lowest BCUT2D eigenvalue weighted by molar-refractivity contribution is -0.208. The summed E-state index contributed by atoms with van der Waals surface area (Å²) in [6.45, 7) is -1.71. The minimum atomic E-state index is -2.13. The zero-order valence-electron chi connectivity index (χ0n) is 34.3. The van der Waals surface area contributed by atoms with Crippen LogP contribution in [0.2, 0.25) is 0 Å². The maximum absolute atomic E-state index is 13.3. The highest BCUT2D eigenvalue weighted by atomic mass is 32.2. The fraction of sp³-hybridized carbons (Fsp3) is 0.462. The van der Waals surface area contributed by atoms with E-state index in [4.69, 9.17) is 55.5 Å². The molecule has 1 aliphatic heterocycles. The third-order valence-electron chi connectivity index (χ3n) is 8.99. The van der Waals surface area contributed by atoms with Crippen molar-refractivity contribution < 1.29 is 87.9 Å². The summed E-state index contributed by atoms with van der Waals surface area (Å²) in [7, 11) is 0. The van der Waals surface area contributed by atoms with Crippen LogP contribution in [0.3, 0.4) is 0 Å². The van der Waals surface area contributed by atoms with E-state index >= 15 is 0 Å². The van der Waals surface area contributed by atoms with Crippen molar-refractivity contribution in [3.8, 4) is 0 Å². The molecule has 0 radical (unpaired) electrons. The molecule has 2 aromatic rings. The summed E-state index contributed by atoms with van der Waals surface area (Å²) in [5.41, 5.74) is 8.38. The Labute approximate surface area is 364 Å². The van der Waals surface area contributed by atoms with Gasteiger partial charge < -0.3 is 43.5 Å². The number of ether oxygens (including phenoxy) is 6. The molecule has 1 saturated heterocycles. The van der Waals surface area contributed by atoms with Crippen LogP contribution in [0.5, 0.6) is 0 Å². The van der Waals surface area contributed by atoms with Crippen molar-refractivity contribution >= 4 is 75.9 Å². The number of carbonyl (C=O) groups excluding carboxylic acids is 7. The van der Waals surface area contributed by atoms with Gasteiger partial charge in [0.05, 0.1) is 13.2 Å². The molecule has 10 N–H and O–H groups in total. The number of hydrogen-bond acceptors (Lipinski definition) is 18. The standard InChI is InChI=1S/C39H49N5O16S2/c1-37(18-45,30(49)54-14-24-4-8-26(9-5-24)16-61-33(40)41)20-56-35(52)58-22-39(3,32(51)60-44-28(47)12-13-29(44)48)23-59-36(53)57-21-38(2,19-46)31(50)55-15-25-6-10-27(11-7-25)17-62-34(42)43/h4-11,45-46H,12-23H2,1-3H3,(H3,40,41)(H3,42,43)/p+2. The van der Waals surface area contributed by atoms with E-state index in [9.17, 15) is 43.8 Å². The molecule has 0 saturated carbocycles. The molecule has 0 aromatic heterocycles. The highest BCUT2D eigenvalue weighted by Gasteiger charge is 2.44. The summed E-state index contributed by atoms with van der Waals surface area (Å²) >= 11 is 2.51. The Hall–Kier alpha value is -5.91. The van der Waals surface area contributed by atoms with Gasteiger partial charge in [-0.2, -0.15) is 0 Å². The first-order valence-electron chi connectivity index (χ1n) is 18.6. The quantitative estimate of drug-likeness (QED) is 0.0271. The highest BCUT2D eigenvalue weighted by molar-refractivity contribution is 8.13. The van der Waals surface area contributed by atoms with Gasteiger partial charge in [-0.3, -0.25) is 41.5 Å². The van der Waals surface area contributed by atoms with Crippen molar-refractivity contribution in [2.45, 2.75) is 58.3 Å². The summed E-state index contributed by atoms with van der Waals surface area (Å²) in [5.74, 6) is -3.78. The Bertz CT molecular complexity index is 1840. The van der Waals surface area contributed by atoms with Gasteiger partial charge >= 0.3 is 30.2 Å². The van der Waals surface area contributed by atoms with Crippen LogP contribution in [0.15, 0.2) is 48.5 Å². The van der Waals surface area contributed by atoms with E-state index in [0.29, 0.717) is 22.6 Å². The number of nitrogens with zero attached hydrogens (tertiary/aromatic N) is 1. The number of amidine groups is 2. The van der Waals surface area contributed by atoms with E-state index in [1.165, 1.54) is 37.4 Å². The molecule has 1 aliphatic rings. The maximum atomic E-state index is 13.3. The monoisotopic (exact) mass is 909 g/mol. The maximum Gasteiger partial charge on any atom is 0.508 e. The molecule has 2 atom stereocenters. The van der Waals surface area contributed by atoms with E-state index in [0.717, 1.165) is 18.1 Å². The van der Waals surface area contributed by atoms with Gasteiger partial charge in [0.25, 0.3) is 22.1 Å². The number of imide groups is 1. The molecule has 1 fully saturated rings. The second-order valence-corrected chi connectivity index (χ2v) is 16.9. The van der Waals surface area contributed by atoms with Crippen LogP contribution < -0.4 is 22.3 Å². The number of nitrogens with two attached hydrogens (primary N) is 4. The topological polar surface area (TPSA) is 331 Å². The lowest BCUT2D eigenvalue weighted by Gasteiger charge is -2.28. The first-order valence-corrected chi connectivity index (χ1v) is 20.6. The molecule has 0 bridgehead atoms. The molecule has 338 valence electrons. The minimum absolute atomic E-state index is 0.174. The molecule has 2 unspecified atom stereocenters. The van der Waals surface area contributed by atoms with E-state index < -0.39 is 97.9 Å². The molecule has 0 spiro atoms. The first-order chi connectivity index (χ1) is 29.2. The number of aliphatic hydroxyl groups is 2. The van der Waals surface area contributed by atoms with Crippen molar-refractivity contribution in [1.29, 1.82) is 0 Å². The number of hydrogen-bond donors (Lipinski definition) is 6. The molecule has 62 heavy (non-hydrogen) atoms. The first kappa shape index (κ1) is 50.4. The minimum Gasteiger partial charge on any atom is -0.460 e. The Balaban J connectivity index is 1.58. The Morgan fingerprint density at radius 2 is 0.903 bits per heavy atom. The van der Waals surface area contributed by atoms with Gasteiger partial charge in [0.15, 0.2) is 0 Å². The molecule has 3 rings (SSSR count). The molecular weight excluding hydrogens is 859 g/mol. The fourth-order valence-corrected chi connectivity index (χ4v) is 5.80. The third kappa shape index (κ3) is 15.5. The summed E-state index contributed by atoms with van der Waals surface area (Å²) in [5, 5.41) is 31.6. The van der Waals surface area contributed by atoms with Gasteiger partial charge in [0.2, 0.25) is 0 Å². The Morgan fingerprint density at radius 1 is 0.581 bits per heavy atom. The molecule has 21 nitrogen and oxygen atoms in total. The number of carbonyl (C=O) groups is 7. The van der Waals surface area contributed by atoms with Gasteiger partial charge in [-0.25, -0.2) is 14.4 Å². The normalized spacial score (nSPS) is 15.2. The smallest absolute Gasteiger partial charge is 0.460 e. The zero-order chi connectivity index (χ0) is 46.1. The van der Waals surface area contributed by atoms with E-state index in [-0.39, 0.29) is 41.5 Å². The third-order valence-corrected chi connectivity index (χ3v) is 10.6. The Kier molecular flexibility index (Phi) is 19.0. The van der Waals surface area contributed by atoms with E-state index in [1.54, 1.807) is 48.5 Å². The van der Waals surface area contributed by atoms with Crippen LogP contribution in [0, 0.1) is 16.2 Å². The van der Waals surface area contributed by atoms with Crippen molar-refractivity contribution in [2.24, 2.45) is 27.7 Å². The zero-order valence-corrected chi connectivity index (χ0v) is 35.9. The molecule has 2 amide bonds. The largest absolute Gasteiger partial charge is 0.508 e. The van der Waals surface area contributed by atoms with Crippen LogP contribution in [0.25, 0.3) is 0 Å². The van der Waals surface area contributed by atoms with Crippen LogP contribution in [0.4, 0.5) is 9.59 Å². The van der Waals surface area contributed by atoms with Crippen LogP contribution in [-0.4, -0.2) is 107 Å². The lowest BCUT2D eigenvalue weighted by Crippen LogP contribution is -2.45. The van der Waals surface area contributed by atoms with E-state index in [1.807, 2.05) is 0 Å². The number of esters is 2. The summed E-state index contributed by atoms with van der Waals surface area (Å²) in [4.78, 5) is 94.0. The van der Waals surface area contributed by atoms with Crippen molar-refractivity contribution in [3.63, 3.8) is 0 Å². The van der Waals surface area contributed by atoms with Gasteiger partial charge in [-0.1, -0.05) is 48.5 Å². The van der Waals surface area contributed by atoms with Crippen LogP contribution in [-0.2, 0) is 82.0 Å². The summed E-state index contributed by atoms with van der Waals surface area (Å²) in [6, 6.07) is 14.0. The second kappa shape index (κ2) is 23.3. The number of rotatable bonds is 22. The predicted octanol–water partition coefficient (Wildman–Crippen LogP) is -0.996. The number of amides is 2. The van der Waals surface area contributed by atoms with Gasteiger partial charge in [-0.05, 0) is 66.5 Å². The number of thioether (sulfide) groups is 2. The SMILES string of the molecule is CC(CO)(COC(=O)OCC(C)(COC(=O)OCC(C)(CO)C(=O)OCc1ccc(CSC(N)=[NH2+])cc1)C(=O)ON1C(=O)CCC1=O)C(=O)OCc1ccc(CSC(N)=[NH2+])cc1. The molecule has 23 heteroatoms. The van der Waals surface area contributed by atoms with Gasteiger partial charge in [0.1, 0.15) is 55.9 Å². The summed E-state index contributed by atoms with van der Waals surface area (Å²) in [6.07, 6.45) is -3.37. The van der Waals surface area contributed by atoms with Crippen LogP contribution in [0.1, 0.15) is 55.9 Å². The average molecular weight is 910 g/mol. The van der Waals surface area contributed by atoms with Crippen LogP contribution >= 0.6 is 23.5 Å². The predicted molar refractivity (Wildman–Crippen MR) is 218 cm³/mol. The number of benzene rings is 2.